The number of nitrogens with one attached hydrogen (secondary N) is 1. The Morgan fingerprint density at radius 1 is 0.941 bits per heavy atom. The lowest BCUT2D eigenvalue weighted by Crippen LogP contribution is -2.41. The summed E-state index contributed by atoms with van der Waals surface area (Å²) in [5.41, 5.74) is 1.30. The molecule has 1 fully saturated rings. The molecule has 1 saturated heterocycles. The largest absolute Gasteiger partial charge is 0.496 e. The quantitative estimate of drug-likeness (QED) is 0.269. The molecule has 0 unspecified atom stereocenters. The van der Waals surface area contributed by atoms with E-state index in [9.17, 15) is 14.4 Å². The van der Waals surface area contributed by atoms with Crippen LogP contribution in [0, 0.1) is 0 Å². The maximum Gasteiger partial charge on any atom is 0.496 e. The van der Waals surface area contributed by atoms with E-state index in [4.69, 9.17) is 9.31 Å². The second-order valence-electron chi connectivity index (χ2n) is 8.70. The number of amides is 1. The standard InChI is InChI=1S/C15H20BNO3.C10H14O4/c1-6-13(18)17-12-10-8-7-9-11(12)16-19-14(2,3)15(4,5)20-16;1-7(2)9(11)13-5-6-14-10(12)8(3)4/h6-10H,1H2,2-5H3,(H,17,18);1,3,5-6H2,2,4H3. The molecule has 0 aliphatic carbocycles. The predicted molar refractivity (Wildman–Crippen MR) is 133 cm³/mol. The van der Waals surface area contributed by atoms with Gasteiger partial charge in [-0.3, -0.25) is 4.79 Å². The van der Waals surface area contributed by atoms with E-state index in [2.05, 4.69) is 34.5 Å². The number of esters is 2. The normalized spacial score (nSPS) is 15.3. The minimum absolute atomic E-state index is 0.0325. The molecule has 0 radical (unpaired) electrons. The Balaban J connectivity index is 0.000000365. The van der Waals surface area contributed by atoms with E-state index in [-0.39, 0.29) is 19.1 Å². The minimum atomic E-state index is -0.499. The van der Waals surface area contributed by atoms with E-state index in [1.165, 1.54) is 6.08 Å². The summed E-state index contributed by atoms with van der Waals surface area (Å²) in [5.74, 6) is -1.23. The van der Waals surface area contributed by atoms with Crippen molar-refractivity contribution in [1.29, 1.82) is 0 Å². The monoisotopic (exact) mass is 471 g/mol. The number of rotatable bonds is 8. The molecule has 1 aromatic carbocycles. The van der Waals surface area contributed by atoms with Crippen LogP contribution < -0.4 is 10.8 Å². The highest BCUT2D eigenvalue weighted by Gasteiger charge is 2.52. The van der Waals surface area contributed by atoms with Crippen molar-refractivity contribution in [2.75, 3.05) is 18.5 Å². The van der Waals surface area contributed by atoms with E-state index in [1.807, 2.05) is 52.0 Å². The highest BCUT2D eigenvalue weighted by atomic mass is 16.7. The van der Waals surface area contributed by atoms with E-state index < -0.39 is 30.3 Å². The Hall–Kier alpha value is -3.17. The number of anilines is 1. The lowest BCUT2D eigenvalue weighted by atomic mass is 9.78. The molecular weight excluding hydrogens is 437 g/mol. The van der Waals surface area contributed by atoms with Gasteiger partial charge < -0.3 is 24.1 Å². The van der Waals surface area contributed by atoms with Gasteiger partial charge in [0.15, 0.2) is 0 Å². The van der Waals surface area contributed by atoms with Crippen LogP contribution in [-0.2, 0) is 33.2 Å². The molecule has 2 rings (SSSR count). The Kier molecular flexibility index (Phi) is 10.5. The zero-order chi connectivity index (χ0) is 26.1. The molecule has 0 saturated carbocycles. The maximum absolute atomic E-state index is 11.5. The van der Waals surface area contributed by atoms with Crippen molar-refractivity contribution in [2.45, 2.75) is 52.7 Å². The third kappa shape index (κ3) is 8.31. The van der Waals surface area contributed by atoms with Crippen LogP contribution in [0.5, 0.6) is 0 Å². The molecule has 184 valence electrons. The molecule has 0 atom stereocenters. The van der Waals surface area contributed by atoms with Crippen molar-refractivity contribution >= 4 is 36.1 Å². The SMILES string of the molecule is C=C(C)C(=O)OCCOC(=O)C(=C)C.C=CC(=O)Nc1ccccc1B1OC(C)(C)C(C)(C)O1. The van der Waals surface area contributed by atoms with Gasteiger partial charge in [0.25, 0.3) is 0 Å². The van der Waals surface area contributed by atoms with E-state index >= 15 is 0 Å². The van der Waals surface area contributed by atoms with Crippen molar-refractivity contribution in [1.82, 2.24) is 0 Å². The van der Waals surface area contributed by atoms with Crippen LogP contribution in [0.4, 0.5) is 5.69 Å². The third-order valence-electron chi connectivity index (χ3n) is 5.16. The Labute approximate surface area is 202 Å². The van der Waals surface area contributed by atoms with Crippen LogP contribution in [0.25, 0.3) is 0 Å². The molecule has 34 heavy (non-hydrogen) atoms. The number of hydrogen-bond acceptors (Lipinski definition) is 7. The average molecular weight is 471 g/mol. The highest BCUT2D eigenvalue weighted by Crippen LogP contribution is 2.36. The molecule has 1 amide bonds. The molecule has 8 nitrogen and oxygen atoms in total. The van der Waals surface area contributed by atoms with Gasteiger partial charge in [0.05, 0.1) is 11.2 Å². The molecule has 1 aliphatic heterocycles. The number of hydrogen-bond donors (Lipinski definition) is 1. The lowest BCUT2D eigenvalue weighted by Gasteiger charge is -2.32. The minimum Gasteiger partial charge on any atom is -0.459 e. The van der Waals surface area contributed by atoms with Crippen LogP contribution in [0.3, 0.4) is 0 Å². The van der Waals surface area contributed by atoms with Gasteiger partial charge in [-0.15, -0.1) is 0 Å². The summed E-state index contributed by atoms with van der Waals surface area (Å²) in [7, 11) is -0.499. The molecule has 0 spiro atoms. The number of para-hydroxylation sites is 1. The summed E-state index contributed by atoms with van der Waals surface area (Å²) < 4.78 is 21.4. The molecular formula is C25H34BNO7. The Morgan fingerprint density at radius 2 is 1.38 bits per heavy atom. The van der Waals surface area contributed by atoms with Gasteiger partial charge in [-0.05, 0) is 53.7 Å². The molecule has 0 bridgehead atoms. The smallest absolute Gasteiger partial charge is 0.459 e. The first-order chi connectivity index (χ1) is 15.7. The second-order valence-corrected chi connectivity index (χ2v) is 8.70. The Morgan fingerprint density at radius 3 is 1.79 bits per heavy atom. The highest BCUT2D eigenvalue weighted by molar-refractivity contribution is 6.64. The van der Waals surface area contributed by atoms with Crippen LogP contribution >= 0.6 is 0 Å². The molecule has 1 heterocycles. The first kappa shape index (κ1) is 28.9. The topological polar surface area (TPSA) is 100 Å². The summed E-state index contributed by atoms with van der Waals surface area (Å²) in [5, 5.41) is 2.77. The van der Waals surface area contributed by atoms with Crippen molar-refractivity contribution in [3.8, 4) is 0 Å². The third-order valence-corrected chi connectivity index (χ3v) is 5.16. The zero-order valence-corrected chi connectivity index (χ0v) is 20.9. The number of ether oxygens (including phenoxy) is 2. The Bertz CT molecular complexity index is 908. The average Bonchev–Trinajstić information content (AvgIpc) is 2.98. The van der Waals surface area contributed by atoms with Crippen LogP contribution in [0.2, 0.25) is 0 Å². The molecule has 1 aliphatic rings. The maximum atomic E-state index is 11.5. The summed E-state index contributed by atoms with van der Waals surface area (Å²) >= 11 is 0. The van der Waals surface area contributed by atoms with Gasteiger partial charge in [0, 0.05) is 22.3 Å². The van der Waals surface area contributed by atoms with Crippen LogP contribution in [-0.4, -0.2) is 49.4 Å². The summed E-state index contributed by atoms with van der Waals surface area (Å²) in [4.78, 5) is 33.2. The van der Waals surface area contributed by atoms with E-state index in [1.54, 1.807) is 13.8 Å². The van der Waals surface area contributed by atoms with Gasteiger partial charge in [-0.1, -0.05) is 37.9 Å². The second kappa shape index (κ2) is 12.3. The summed E-state index contributed by atoms with van der Waals surface area (Å²) in [6.07, 6.45) is 1.24. The lowest BCUT2D eigenvalue weighted by molar-refractivity contribution is -0.147. The fraction of sp³-hybridized carbons (Fsp3) is 0.400. The molecule has 1 N–H and O–H groups in total. The first-order valence-corrected chi connectivity index (χ1v) is 10.7. The molecule has 1 aromatic rings. The number of carbonyl (C=O) groups is 3. The fourth-order valence-electron chi connectivity index (χ4n) is 2.49. The van der Waals surface area contributed by atoms with Crippen LogP contribution in [0.1, 0.15) is 41.5 Å². The van der Waals surface area contributed by atoms with Gasteiger partial charge in [-0.25, -0.2) is 9.59 Å². The fourth-order valence-corrected chi connectivity index (χ4v) is 2.49. The van der Waals surface area contributed by atoms with Crippen molar-refractivity contribution in [2.24, 2.45) is 0 Å². The van der Waals surface area contributed by atoms with E-state index in [0.29, 0.717) is 16.8 Å². The number of carbonyl (C=O) groups excluding carboxylic acids is 3. The predicted octanol–water partition coefficient (Wildman–Crippen LogP) is 3.34. The van der Waals surface area contributed by atoms with Crippen molar-refractivity contribution in [3.63, 3.8) is 0 Å². The van der Waals surface area contributed by atoms with Crippen molar-refractivity contribution < 1.29 is 33.2 Å². The molecule has 0 aromatic heterocycles. The first-order valence-electron chi connectivity index (χ1n) is 10.7. The zero-order valence-electron chi connectivity index (χ0n) is 20.9. The molecule has 9 heteroatoms. The van der Waals surface area contributed by atoms with E-state index in [0.717, 1.165) is 5.46 Å². The summed E-state index contributed by atoms with van der Waals surface area (Å²) in [6.45, 7) is 21.4. The van der Waals surface area contributed by atoms with Gasteiger partial charge >= 0.3 is 19.1 Å². The number of benzene rings is 1. The van der Waals surface area contributed by atoms with Crippen molar-refractivity contribution in [3.05, 3.63) is 61.2 Å². The summed E-state index contributed by atoms with van der Waals surface area (Å²) in [6, 6.07) is 7.46. The van der Waals surface area contributed by atoms with Gasteiger partial charge in [-0.2, -0.15) is 0 Å². The van der Waals surface area contributed by atoms with Gasteiger partial charge in [0.1, 0.15) is 13.2 Å². The van der Waals surface area contributed by atoms with Gasteiger partial charge in [0.2, 0.25) is 5.91 Å². The van der Waals surface area contributed by atoms with Crippen LogP contribution in [0.15, 0.2) is 61.2 Å².